The van der Waals surface area contributed by atoms with E-state index in [-0.39, 0.29) is 12.0 Å². The molecule has 2 atom stereocenters. The molecule has 2 unspecified atom stereocenters. The highest BCUT2D eigenvalue weighted by Crippen LogP contribution is 2.46. The molecule has 0 aromatic heterocycles. The normalized spacial score (nSPS) is 39.3. The summed E-state index contributed by atoms with van der Waals surface area (Å²) in [6.07, 6.45) is 2.66. The first-order chi connectivity index (χ1) is 7.39. The van der Waals surface area contributed by atoms with E-state index in [4.69, 9.17) is 4.74 Å². The summed E-state index contributed by atoms with van der Waals surface area (Å²) < 4.78 is 5.94. The van der Waals surface area contributed by atoms with Crippen molar-refractivity contribution in [2.24, 2.45) is 0 Å². The SMILES string of the molecule is CC(C)OC12CCC(=O)N1CCCC2(C)O. The summed E-state index contributed by atoms with van der Waals surface area (Å²) in [5, 5.41) is 10.5. The number of piperidine rings is 1. The molecule has 4 nitrogen and oxygen atoms in total. The fourth-order valence-corrected chi connectivity index (χ4v) is 3.03. The van der Waals surface area contributed by atoms with Crippen LogP contribution in [0, 0.1) is 0 Å². The largest absolute Gasteiger partial charge is 0.385 e. The van der Waals surface area contributed by atoms with Gasteiger partial charge in [0.05, 0.1) is 6.10 Å². The number of carbonyl (C=O) groups excluding carboxylic acids is 1. The van der Waals surface area contributed by atoms with Crippen molar-refractivity contribution in [3.63, 3.8) is 0 Å². The van der Waals surface area contributed by atoms with E-state index in [1.54, 1.807) is 11.8 Å². The number of aliphatic hydroxyl groups is 1. The average Bonchev–Trinajstić information content (AvgIpc) is 2.46. The highest BCUT2D eigenvalue weighted by Gasteiger charge is 2.59. The van der Waals surface area contributed by atoms with Crippen molar-refractivity contribution in [1.29, 1.82) is 0 Å². The van der Waals surface area contributed by atoms with Crippen LogP contribution in [0.3, 0.4) is 0 Å². The van der Waals surface area contributed by atoms with Gasteiger partial charge in [-0.2, -0.15) is 0 Å². The summed E-state index contributed by atoms with van der Waals surface area (Å²) in [6.45, 7) is 6.39. The molecule has 0 radical (unpaired) electrons. The number of hydrogen-bond donors (Lipinski definition) is 1. The van der Waals surface area contributed by atoms with E-state index in [1.165, 1.54) is 0 Å². The second-order valence-electron chi connectivity index (χ2n) is 5.37. The molecule has 0 aromatic rings. The van der Waals surface area contributed by atoms with Crippen LogP contribution in [0.2, 0.25) is 0 Å². The van der Waals surface area contributed by atoms with Gasteiger partial charge in [-0.15, -0.1) is 0 Å². The summed E-state index contributed by atoms with van der Waals surface area (Å²) in [4.78, 5) is 13.6. The maximum absolute atomic E-state index is 11.8. The van der Waals surface area contributed by atoms with Crippen molar-refractivity contribution in [3.8, 4) is 0 Å². The number of nitrogens with zero attached hydrogens (tertiary/aromatic N) is 1. The molecule has 16 heavy (non-hydrogen) atoms. The Kier molecular flexibility index (Phi) is 2.75. The van der Waals surface area contributed by atoms with Gasteiger partial charge >= 0.3 is 0 Å². The monoisotopic (exact) mass is 227 g/mol. The second-order valence-corrected chi connectivity index (χ2v) is 5.37. The van der Waals surface area contributed by atoms with Crippen molar-refractivity contribution < 1.29 is 14.6 Å². The third-order valence-electron chi connectivity index (χ3n) is 3.73. The minimum absolute atomic E-state index is 0.0120. The molecule has 0 bridgehead atoms. The highest BCUT2D eigenvalue weighted by molar-refractivity contribution is 5.79. The van der Waals surface area contributed by atoms with Crippen LogP contribution in [0.5, 0.6) is 0 Å². The predicted molar refractivity (Wildman–Crippen MR) is 59.8 cm³/mol. The van der Waals surface area contributed by atoms with Gasteiger partial charge in [-0.05, 0) is 33.6 Å². The molecule has 0 aromatic carbocycles. The smallest absolute Gasteiger partial charge is 0.225 e. The fourth-order valence-electron chi connectivity index (χ4n) is 3.03. The number of carbonyl (C=O) groups is 1. The topological polar surface area (TPSA) is 49.8 Å². The molecule has 1 N–H and O–H groups in total. The zero-order chi connectivity index (χ0) is 12.0. The number of hydrogen-bond acceptors (Lipinski definition) is 3. The third-order valence-corrected chi connectivity index (χ3v) is 3.73. The van der Waals surface area contributed by atoms with Gasteiger partial charge in [0.15, 0.2) is 5.72 Å². The van der Waals surface area contributed by atoms with Gasteiger partial charge in [-0.25, -0.2) is 0 Å². The molecular formula is C12H21NO3. The summed E-state index contributed by atoms with van der Waals surface area (Å²) in [7, 11) is 0. The maximum Gasteiger partial charge on any atom is 0.225 e. The van der Waals surface area contributed by atoms with E-state index in [2.05, 4.69) is 0 Å². The standard InChI is InChI=1S/C12H21NO3/c1-9(2)16-12-7-5-10(14)13(12)8-4-6-11(12,3)15/h9,15H,4-8H2,1-3H3. The van der Waals surface area contributed by atoms with E-state index in [0.29, 0.717) is 25.8 Å². The van der Waals surface area contributed by atoms with Crippen LogP contribution in [0.25, 0.3) is 0 Å². The maximum atomic E-state index is 11.8. The van der Waals surface area contributed by atoms with Crippen LogP contribution in [0.15, 0.2) is 0 Å². The summed E-state index contributed by atoms with van der Waals surface area (Å²) in [6, 6.07) is 0. The third kappa shape index (κ3) is 1.55. The van der Waals surface area contributed by atoms with Crippen molar-refractivity contribution in [2.75, 3.05) is 6.54 Å². The van der Waals surface area contributed by atoms with Crippen LogP contribution in [0.1, 0.15) is 46.5 Å². The van der Waals surface area contributed by atoms with Gasteiger partial charge < -0.3 is 14.7 Å². The average molecular weight is 227 g/mol. The van der Waals surface area contributed by atoms with Crippen molar-refractivity contribution >= 4 is 5.91 Å². The Morgan fingerprint density at radius 1 is 1.44 bits per heavy atom. The van der Waals surface area contributed by atoms with Gasteiger partial charge in [0.25, 0.3) is 0 Å². The van der Waals surface area contributed by atoms with Crippen LogP contribution in [-0.2, 0) is 9.53 Å². The summed E-state index contributed by atoms with van der Waals surface area (Å²) >= 11 is 0. The zero-order valence-electron chi connectivity index (χ0n) is 10.3. The molecule has 2 aliphatic heterocycles. The number of amides is 1. The minimum Gasteiger partial charge on any atom is -0.385 e. The first-order valence-electron chi connectivity index (χ1n) is 6.10. The quantitative estimate of drug-likeness (QED) is 0.773. The Morgan fingerprint density at radius 2 is 2.12 bits per heavy atom. The number of fused-ring (bicyclic) bond motifs is 1. The molecule has 92 valence electrons. The molecular weight excluding hydrogens is 206 g/mol. The predicted octanol–water partition coefficient (Wildman–Crippen LogP) is 1.27. The molecule has 0 aliphatic carbocycles. The number of ether oxygens (including phenoxy) is 1. The van der Waals surface area contributed by atoms with Crippen LogP contribution in [0.4, 0.5) is 0 Å². The van der Waals surface area contributed by atoms with Crippen LogP contribution >= 0.6 is 0 Å². The van der Waals surface area contributed by atoms with Crippen LogP contribution < -0.4 is 0 Å². The molecule has 2 saturated heterocycles. The molecule has 2 fully saturated rings. The van der Waals surface area contributed by atoms with Gasteiger partial charge in [-0.3, -0.25) is 4.79 Å². The summed E-state index contributed by atoms with van der Waals surface area (Å²) in [5.41, 5.74) is -1.71. The molecule has 4 heteroatoms. The van der Waals surface area contributed by atoms with E-state index < -0.39 is 11.3 Å². The Morgan fingerprint density at radius 3 is 2.75 bits per heavy atom. The minimum atomic E-state index is -0.929. The van der Waals surface area contributed by atoms with Crippen molar-refractivity contribution in [2.45, 2.75) is 63.9 Å². The first kappa shape index (κ1) is 11.9. The fraction of sp³-hybridized carbons (Fsp3) is 0.917. The lowest BCUT2D eigenvalue weighted by molar-refractivity contribution is -0.267. The molecule has 2 aliphatic rings. The number of rotatable bonds is 2. The van der Waals surface area contributed by atoms with Crippen molar-refractivity contribution in [1.82, 2.24) is 4.90 Å². The molecule has 0 spiro atoms. The van der Waals surface area contributed by atoms with E-state index >= 15 is 0 Å². The molecule has 2 rings (SSSR count). The Hall–Kier alpha value is -0.610. The van der Waals surface area contributed by atoms with Gasteiger partial charge in [0.1, 0.15) is 5.60 Å². The van der Waals surface area contributed by atoms with E-state index in [0.717, 1.165) is 6.42 Å². The highest BCUT2D eigenvalue weighted by atomic mass is 16.5. The summed E-state index contributed by atoms with van der Waals surface area (Å²) in [5.74, 6) is 0.112. The van der Waals surface area contributed by atoms with Crippen molar-refractivity contribution in [3.05, 3.63) is 0 Å². The second kappa shape index (κ2) is 3.70. The first-order valence-corrected chi connectivity index (χ1v) is 6.10. The lowest BCUT2D eigenvalue weighted by Crippen LogP contribution is -2.66. The van der Waals surface area contributed by atoms with Gasteiger partial charge in [0.2, 0.25) is 5.91 Å². The molecule has 0 saturated carbocycles. The molecule has 1 amide bonds. The molecule has 2 heterocycles. The Bertz CT molecular complexity index is 301. The lowest BCUT2D eigenvalue weighted by Gasteiger charge is -2.52. The van der Waals surface area contributed by atoms with E-state index in [1.807, 2.05) is 13.8 Å². The Balaban J connectivity index is 2.35. The van der Waals surface area contributed by atoms with E-state index in [9.17, 15) is 9.90 Å². The van der Waals surface area contributed by atoms with Gasteiger partial charge in [-0.1, -0.05) is 0 Å². The van der Waals surface area contributed by atoms with Crippen LogP contribution in [-0.4, -0.2) is 39.9 Å². The lowest BCUT2D eigenvalue weighted by atomic mass is 9.82. The van der Waals surface area contributed by atoms with Gasteiger partial charge in [0, 0.05) is 19.4 Å². The zero-order valence-corrected chi connectivity index (χ0v) is 10.3. The Labute approximate surface area is 96.6 Å².